The molecule has 0 heterocycles. The van der Waals surface area contributed by atoms with Crippen LogP contribution in [-0.4, -0.2) is 38.4 Å². The normalized spacial score (nSPS) is 10.9. The van der Waals surface area contributed by atoms with E-state index in [9.17, 15) is 22.8 Å². The molecule has 0 saturated heterocycles. The zero-order valence-electron chi connectivity index (χ0n) is 31.3. The molecule has 0 aliphatic carbocycles. The quantitative estimate of drug-likeness (QED) is 0.0713. The van der Waals surface area contributed by atoms with Crippen molar-refractivity contribution in [1.29, 1.82) is 0 Å². The maximum absolute atomic E-state index is 12.6. The number of halogens is 4. The van der Waals surface area contributed by atoms with Gasteiger partial charge in [-0.25, -0.2) is 9.59 Å². The van der Waals surface area contributed by atoms with Crippen molar-refractivity contribution in [2.75, 3.05) is 26.4 Å². The zero-order valence-corrected chi connectivity index (χ0v) is 33.7. The van der Waals surface area contributed by atoms with Crippen LogP contribution in [-0.2, 0) is 37.7 Å². The highest BCUT2D eigenvalue weighted by Gasteiger charge is 2.30. The second-order valence-electron chi connectivity index (χ2n) is 12.0. The number of carbonyl (C=O) groups is 2. The Balaban J connectivity index is 0.000000265. The first-order valence-electron chi connectivity index (χ1n) is 17.5. The molecule has 296 valence electrons. The van der Waals surface area contributed by atoms with E-state index in [0.29, 0.717) is 36.3 Å². The van der Waals surface area contributed by atoms with Crippen molar-refractivity contribution in [3.8, 4) is 17.2 Å². The molecule has 5 rings (SSSR count). The lowest BCUT2D eigenvalue weighted by Gasteiger charge is -2.11. The number of hydrogen-bond acceptors (Lipinski definition) is 9. The third-order valence-electron chi connectivity index (χ3n) is 7.65. The van der Waals surface area contributed by atoms with E-state index < -0.39 is 17.7 Å². The molecule has 0 saturated carbocycles. The Kier molecular flexibility index (Phi) is 17.3. The number of rotatable bonds is 16. The largest absolute Gasteiger partial charge is 0.489 e. The molecule has 0 N–H and O–H groups in total. The van der Waals surface area contributed by atoms with Gasteiger partial charge in [-0.3, -0.25) is 0 Å². The smallest absolute Gasteiger partial charge is 0.416 e. The van der Waals surface area contributed by atoms with Crippen LogP contribution in [0.2, 0.25) is 0 Å². The fourth-order valence-electron chi connectivity index (χ4n) is 4.85. The van der Waals surface area contributed by atoms with Crippen molar-refractivity contribution in [3.63, 3.8) is 0 Å². The maximum Gasteiger partial charge on any atom is 0.416 e. The van der Waals surface area contributed by atoms with Gasteiger partial charge in [-0.1, -0.05) is 47.8 Å². The summed E-state index contributed by atoms with van der Waals surface area (Å²) in [6.45, 7) is 8.12. The van der Waals surface area contributed by atoms with Crippen LogP contribution in [0.15, 0.2) is 129 Å². The van der Waals surface area contributed by atoms with Gasteiger partial charge in [0.25, 0.3) is 0 Å². The summed E-state index contributed by atoms with van der Waals surface area (Å²) in [4.78, 5) is 27.1. The van der Waals surface area contributed by atoms with Crippen molar-refractivity contribution >= 4 is 47.1 Å². The number of aryl methyl sites for hydroxylation is 2. The summed E-state index contributed by atoms with van der Waals surface area (Å²) in [5, 5.41) is 0. The number of ether oxygens (including phenoxy) is 5. The highest BCUT2D eigenvalue weighted by atomic mass is 35.5. The Morgan fingerprint density at radius 2 is 1.02 bits per heavy atom. The minimum Gasteiger partial charge on any atom is -0.489 e. The minimum absolute atomic E-state index is 0.0684. The van der Waals surface area contributed by atoms with E-state index in [-0.39, 0.29) is 25.8 Å². The zero-order chi connectivity index (χ0) is 40.5. The van der Waals surface area contributed by atoms with E-state index in [2.05, 4.69) is 12.1 Å². The fourth-order valence-corrected chi connectivity index (χ4v) is 6.86. The minimum atomic E-state index is -4.36. The van der Waals surface area contributed by atoms with E-state index in [1.165, 1.54) is 12.1 Å². The molecule has 0 fully saturated rings. The van der Waals surface area contributed by atoms with E-state index in [1.807, 2.05) is 86.6 Å². The van der Waals surface area contributed by atoms with E-state index >= 15 is 0 Å². The van der Waals surface area contributed by atoms with Crippen LogP contribution >= 0.6 is 35.1 Å². The van der Waals surface area contributed by atoms with Crippen LogP contribution in [0.5, 0.6) is 17.2 Å². The average Bonchev–Trinajstić information content (AvgIpc) is 3.17. The number of esters is 2. The van der Waals surface area contributed by atoms with Gasteiger partial charge in [0.1, 0.15) is 23.9 Å². The summed E-state index contributed by atoms with van der Waals surface area (Å²) in [6.07, 6.45) is -4.36. The average molecular weight is 827 g/mol. The Bertz CT molecular complexity index is 2010. The van der Waals surface area contributed by atoms with Gasteiger partial charge in [-0.15, -0.1) is 11.6 Å². The summed E-state index contributed by atoms with van der Waals surface area (Å²) in [6, 6.07) is 32.2. The number of alkyl halides is 4. The van der Waals surface area contributed by atoms with Gasteiger partial charge in [0.05, 0.1) is 18.8 Å². The van der Waals surface area contributed by atoms with Gasteiger partial charge in [0.15, 0.2) is 13.2 Å². The molecule has 0 spiro atoms. The van der Waals surface area contributed by atoms with Crippen molar-refractivity contribution < 1.29 is 46.4 Å². The summed E-state index contributed by atoms with van der Waals surface area (Å²) < 4.78 is 64.2. The van der Waals surface area contributed by atoms with Crippen molar-refractivity contribution in [2.45, 2.75) is 65.9 Å². The van der Waals surface area contributed by atoms with Crippen LogP contribution in [0.25, 0.3) is 0 Å². The van der Waals surface area contributed by atoms with Gasteiger partial charge < -0.3 is 23.7 Å². The van der Waals surface area contributed by atoms with E-state index in [1.54, 1.807) is 37.4 Å². The van der Waals surface area contributed by atoms with Crippen LogP contribution in [0.1, 0.15) is 41.7 Å². The highest BCUT2D eigenvalue weighted by molar-refractivity contribution is 7.99. The molecular formula is C43H42ClF3O7S2. The Labute approximate surface area is 338 Å². The summed E-state index contributed by atoms with van der Waals surface area (Å²) in [7, 11) is 0. The molecular weight excluding hydrogens is 785 g/mol. The van der Waals surface area contributed by atoms with Gasteiger partial charge in [-0.05, 0) is 135 Å². The topological polar surface area (TPSA) is 80.3 Å². The van der Waals surface area contributed by atoms with Gasteiger partial charge in [0, 0.05) is 25.5 Å². The number of benzene rings is 5. The van der Waals surface area contributed by atoms with Crippen molar-refractivity contribution in [1.82, 2.24) is 0 Å². The van der Waals surface area contributed by atoms with Crippen molar-refractivity contribution in [3.05, 3.63) is 137 Å². The molecule has 5 aromatic carbocycles. The molecule has 56 heavy (non-hydrogen) atoms. The summed E-state index contributed by atoms with van der Waals surface area (Å²) in [5.41, 5.74) is 3.20. The first kappa shape index (κ1) is 43.9. The van der Waals surface area contributed by atoms with Crippen LogP contribution in [0, 0.1) is 13.8 Å². The standard InChI is InChI=1S/C25H23F3O4S.C18H19ClO3S/c1-3-30-24(29)16-32-23-13-12-22(14-17(23)2)33-21-10-4-18(5-11-21)15-31-20-8-6-19(7-9-20)25(26,27)28;1-3-21-18(20)12-22-17-9-8-16(10-13(17)2)23-15-6-4-14(11-19)5-7-15/h4-14H,3,15-16H2,1-2H3;4-10H,3,11-12H2,1-2H3. The maximum atomic E-state index is 12.6. The molecule has 0 bridgehead atoms. The van der Waals surface area contributed by atoms with Gasteiger partial charge >= 0.3 is 18.1 Å². The lowest BCUT2D eigenvalue weighted by molar-refractivity contribution is -0.146. The van der Waals surface area contributed by atoms with Crippen LogP contribution in [0.3, 0.4) is 0 Å². The van der Waals surface area contributed by atoms with Gasteiger partial charge in [-0.2, -0.15) is 13.2 Å². The first-order chi connectivity index (χ1) is 26.9. The number of hydrogen-bond donors (Lipinski definition) is 0. The molecule has 0 aliphatic heterocycles. The predicted molar refractivity (Wildman–Crippen MR) is 213 cm³/mol. The second-order valence-corrected chi connectivity index (χ2v) is 14.5. The lowest BCUT2D eigenvalue weighted by Crippen LogP contribution is -2.14. The van der Waals surface area contributed by atoms with Gasteiger partial charge in [0.2, 0.25) is 0 Å². The Morgan fingerprint density at radius 1 is 0.589 bits per heavy atom. The molecule has 0 unspecified atom stereocenters. The first-order valence-corrected chi connectivity index (χ1v) is 19.7. The Morgan fingerprint density at radius 3 is 1.41 bits per heavy atom. The van der Waals surface area contributed by atoms with E-state index in [0.717, 1.165) is 54.0 Å². The molecule has 0 radical (unpaired) electrons. The molecule has 5 aromatic rings. The molecule has 0 amide bonds. The second kappa shape index (κ2) is 22.1. The molecule has 0 aliphatic rings. The molecule has 13 heteroatoms. The summed E-state index contributed by atoms with van der Waals surface area (Å²) in [5.74, 6) is 1.46. The molecule has 0 atom stereocenters. The third-order valence-corrected chi connectivity index (χ3v) is 9.96. The van der Waals surface area contributed by atoms with Crippen LogP contribution in [0.4, 0.5) is 13.2 Å². The molecule has 0 aromatic heterocycles. The SMILES string of the molecule is CCOC(=O)COc1ccc(Sc2ccc(CCl)cc2)cc1C.CCOC(=O)COc1ccc(Sc2ccc(COc3ccc(C(F)(F)F)cc3)cc2)cc1C. The fraction of sp³-hybridized carbons (Fsp3) is 0.256. The predicted octanol–water partition coefficient (Wildman–Crippen LogP) is 11.5. The van der Waals surface area contributed by atoms with Crippen LogP contribution < -0.4 is 14.2 Å². The Hall–Kier alpha value is -4.78. The highest BCUT2D eigenvalue weighted by Crippen LogP contribution is 2.34. The summed E-state index contributed by atoms with van der Waals surface area (Å²) >= 11 is 9.04. The number of carbonyl (C=O) groups excluding carboxylic acids is 2. The third kappa shape index (κ3) is 14.7. The lowest BCUT2D eigenvalue weighted by atomic mass is 10.2. The van der Waals surface area contributed by atoms with Crippen molar-refractivity contribution in [2.24, 2.45) is 0 Å². The molecule has 7 nitrogen and oxygen atoms in total. The monoisotopic (exact) mass is 826 g/mol. The van der Waals surface area contributed by atoms with E-state index in [4.69, 9.17) is 35.3 Å².